The van der Waals surface area contributed by atoms with E-state index >= 15 is 0 Å². The van der Waals surface area contributed by atoms with Crippen LogP contribution < -0.4 is 0 Å². The van der Waals surface area contributed by atoms with Crippen LogP contribution in [0.1, 0.15) is 105 Å². The summed E-state index contributed by atoms with van der Waals surface area (Å²) in [5, 5.41) is 12.3. The fourth-order valence-corrected chi connectivity index (χ4v) is 17.4. The summed E-state index contributed by atoms with van der Waals surface area (Å²) in [5.74, 6) is 0. The maximum atomic E-state index is 6.51. The van der Waals surface area contributed by atoms with Crippen molar-refractivity contribution >= 4 is 119 Å². The van der Waals surface area contributed by atoms with Crippen LogP contribution in [-0.2, 0) is 21.7 Å². The van der Waals surface area contributed by atoms with Crippen LogP contribution in [0.15, 0.2) is 321 Å². The quantitative estimate of drug-likeness (QED) is 0.172. The van der Waals surface area contributed by atoms with Gasteiger partial charge >= 0.3 is 0 Å². The normalized spacial score (nSPS) is 12.2. The summed E-state index contributed by atoms with van der Waals surface area (Å²) in [4.78, 5) is 0. The van der Waals surface area contributed by atoms with Crippen molar-refractivity contribution in [2.45, 2.75) is 105 Å². The maximum absolute atomic E-state index is 6.51. The average Bonchev–Trinajstić information content (AvgIpc) is 1.53. The zero-order valence-corrected chi connectivity index (χ0v) is 62.7. The smallest absolute Gasteiger partial charge is 0.139 e. The fraction of sp³-hybridized carbons (Fsp3) is 0.160. The first-order valence-electron chi connectivity index (χ1n) is 36.6. The van der Waals surface area contributed by atoms with Gasteiger partial charge in [-0.1, -0.05) is 338 Å². The minimum Gasteiger partial charge on any atom is -0.456 e. The molecule has 105 heavy (non-hydrogen) atoms. The molecule has 0 atom stereocenters. The second-order valence-electron chi connectivity index (χ2n) is 31.8. The number of fused-ring (bicyclic) bond motifs is 15. The molecule has 5 heterocycles. The number of rotatable bonds is 5. The molecule has 0 amide bonds. The van der Waals surface area contributed by atoms with Gasteiger partial charge in [0.25, 0.3) is 0 Å². The first-order chi connectivity index (χ1) is 50.7. The molecule has 14 aromatic carbocycles. The van der Waals surface area contributed by atoms with Gasteiger partial charge in [0.2, 0.25) is 0 Å². The highest BCUT2D eigenvalue weighted by Gasteiger charge is 2.31. The molecule has 4 nitrogen and oxygen atoms in total. The first-order valence-corrected chi connectivity index (χ1v) is 37.4. The minimum absolute atomic E-state index is 0.00143. The van der Waals surface area contributed by atoms with Crippen LogP contribution in [-0.4, -0.2) is 0 Å². The largest absolute Gasteiger partial charge is 0.456 e. The van der Waals surface area contributed by atoms with Crippen LogP contribution in [0.5, 0.6) is 0 Å². The molecule has 0 aliphatic carbocycles. The van der Waals surface area contributed by atoms with E-state index < -0.39 is 0 Å². The van der Waals surface area contributed by atoms with E-state index in [1.807, 2.05) is 35.6 Å². The molecule has 0 bridgehead atoms. The molecule has 5 heteroatoms. The van der Waals surface area contributed by atoms with Gasteiger partial charge in [-0.05, 0) is 136 Å². The van der Waals surface area contributed by atoms with Gasteiger partial charge in [0, 0.05) is 74.9 Å². The Morgan fingerprint density at radius 3 is 1.04 bits per heavy atom. The summed E-state index contributed by atoms with van der Waals surface area (Å²) in [6.07, 6.45) is 0. The predicted octanol–water partition coefficient (Wildman–Crippen LogP) is 30.2. The molecule has 19 aromatic rings. The van der Waals surface area contributed by atoms with Crippen molar-refractivity contribution in [2.75, 3.05) is 0 Å². The van der Waals surface area contributed by atoms with Crippen LogP contribution in [0.3, 0.4) is 0 Å². The molecule has 0 aliphatic heterocycles. The van der Waals surface area contributed by atoms with Gasteiger partial charge in [0.15, 0.2) is 0 Å². The number of furan rings is 4. The number of para-hydroxylation sites is 2. The standard InChI is InChI=1S/C34H26O2.2C22H20O.C22H20S/c1-34(2,3)33-31-27(35-25-18-10-16-23(29(25)31)21-12-6-4-7-13-21)20-28-32(33)30-24(17-11-19-26(30)36-28)22-14-8-5-9-15-22;1-22(2,3)20-16(15-9-5-4-6-10-15)13-14-18-17-11-7-8-12-19(17)23-21(18)20;1-22(2,3)21-16(15-9-5-4-6-10-15)13-14-19-20(21)17-11-7-8-12-18(17)23-19;1-22(2,3)20-16(15-9-5-4-6-10-15)13-14-18-17-11-7-8-12-19(17)23-21(18)20/h4-20H,1-3H3;3*4-14H,1-3H3. The third kappa shape index (κ3) is 12.7. The van der Waals surface area contributed by atoms with Gasteiger partial charge in [0.05, 0.1) is 0 Å². The molecule has 0 saturated heterocycles. The molecule has 0 aliphatic rings. The molecule has 0 radical (unpaired) electrons. The lowest BCUT2D eigenvalue weighted by Crippen LogP contribution is -2.13. The zero-order chi connectivity index (χ0) is 72.5. The van der Waals surface area contributed by atoms with E-state index in [1.165, 1.54) is 130 Å². The highest BCUT2D eigenvalue weighted by molar-refractivity contribution is 7.26. The summed E-state index contributed by atoms with van der Waals surface area (Å²) in [5.41, 5.74) is 25.2. The van der Waals surface area contributed by atoms with E-state index in [1.54, 1.807) is 0 Å². The number of hydrogen-bond acceptors (Lipinski definition) is 5. The summed E-state index contributed by atoms with van der Waals surface area (Å²) in [6.45, 7) is 27.4. The van der Waals surface area contributed by atoms with Crippen LogP contribution in [0.2, 0.25) is 0 Å². The molecule has 0 N–H and O–H groups in total. The second kappa shape index (κ2) is 27.0. The van der Waals surface area contributed by atoms with Gasteiger partial charge in [-0.2, -0.15) is 0 Å². The van der Waals surface area contributed by atoms with Crippen molar-refractivity contribution in [3.63, 3.8) is 0 Å². The van der Waals surface area contributed by atoms with Gasteiger partial charge in [-0.25, -0.2) is 0 Å². The first kappa shape index (κ1) is 68.0. The maximum Gasteiger partial charge on any atom is 0.139 e. The molecule has 5 aromatic heterocycles. The summed E-state index contributed by atoms with van der Waals surface area (Å²) < 4.78 is 28.2. The molecular formula is C100H86O4S. The van der Waals surface area contributed by atoms with Crippen molar-refractivity contribution in [1.29, 1.82) is 0 Å². The third-order valence-electron chi connectivity index (χ3n) is 20.3. The van der Waals surface area contributed by atoms with Gasteiger partial charge < -0.3 is 17.7 Å². The van der Waals surface area contributed by atoms with Crippen molar-refractivity contribution in [3.8, 4) is 55.6 Å². The van der Waals surface area contributed by atoms with Crippen LogP contribution in [0.25, 0.3) is 164 Å². The summed E-state index contributed by atoms with van der Waals surface area (Å²) in [6, 6.07) is 107. The molecule has 0 saturated carbocycles. The molecule has 516 valence electrons. The Morgan fingerprint density at radius 1 is 0.210 bits per heavy atom. The molecular weight excluding hydrogens is 1300 g/mol. The number of thiophene rings is 1. The molecule has 19 rings (SSSR count). The predicted molar refractivity (Wildman–Crippen MR) is 450 cm³/mol. The molecule has 0 spiro atoms. The van der Waals surface area contributed by atoms with Gasteiger partial charge in [-0.15, -0.1) is 11.3 Å². The van der Waals surface area contributed by atoms with Gasteiger partial charge in [-0.3, -0.25) is 0 Å². The van der Waals surface area contributed by atoms with E-state index in [0.29, 0.717) is 0 Å². The van der Waals surface area contributed by atoms with Crippen LogP contribution in [0, 0.1) is 0 Å². The number of benzene rings is 14. The zero-order valence-electron chi connectivity index (χ0n) is 61.9. The fourth-order valence-electron chi connectivity index (χ4n) is 16.0. The van der Waals surface area contributed by atoms with E-state index in [-0.39, 0.29) is 21.7 Å². The summed E-state index contributed by atoms with van der Waals surface area (Å²) in [7, 11) is 0. The third-order valence-corrected chi connectivity index (χ3v) is 21.5. The second-order valence-corrected chi connectivity index (χ2v) is 32.8. The van der Waals surface area contributed by atoms with E-state index in [9.17, 15) is 0 Å². The molecule has 0 fully saturated rings. The Labute approximate surface area is 618 Å². The molecule has 0 unspecified atom stereocenters. The van der Waals surface area contributed by atoms with Crippen LogP contribution in [0.4, 0.5) is 0 Å². The topological polar surface area (TPSA) is 52.6 Å². The van der Waals surface area contributed by atoms with E-state index in [0.717, 1.165) is 55.4 Å². The minimum atomic E-state index is -0.154. The highest BCUT2D eigenvalue weighted by atomic mass is 32.1. The van der Waals surface area contributed by atoms with Crippen LogP contribution >= 0.6 is 11.3 Å². The number of hydrogen-bond donors (Lipinski definition) is 0. The van der Waals surface area contributed by atoms with Crippen molar-refractivity contribution in [3.05, 3.63) is 326 Å². The monoisotopic (exact) mass is 1380 g/mol. The SMILES string of the molecule is CC(C)(C)c1c(-c2ccccc2)ccc2c1oc1ccccc12.CC(C)(C)c1c(-c2ccccc2)ccc2c1sc1ccccc12.CC(C)(C)c1c(-c2ccccc2)ccc2oc3ccccc3c12.CC(C)(C)c1c2c(cc3oc4cccc(-c5ccccc5)c4c13)oc1cccc(-c3ccccc3)c12. The summed E-state index contributed by atoms with van der Waals surface area (Å²) >= 11 is 1.92. The average molecular weight is 1380 g/mol. The lowest BCUT2D eigenvalue weighted by atomic mass is 9.79. The Kier molecular flexibility index (Phi) is 17.4. The highest BCUT2D eigenvalue weighted by Crippen LogP contribution is 2.51. The van der Waals surface area contributed by atoms with Crippen molar-refractivity contribution in [1.82, 2.24) is 0 Å². The van der Waals surface area contributed by atoms with Crippen molar-refractivity contribution < 1.29 is 17.7 Å². The van der Waals surface area contributed by atoms with E-state index in [4.69, 9.17) is 17.7 Å². The van der Waals surface area contributed by atoms with Crippen molar-refractivity contribution in [2.24, 2.45) is 0 Å². The lowest BCUT2D eigenvalue weighted by Gasteiger charge is -2.24. The Bertz CT molecular complexity index is 6090. The van der Waals surface area contributed by atoms with Gasteiger partial charge in [0.1, 0.15) is 44.7 Å². The van der Waals surface area contributed by atoms with E-state index in [2.05, 4.69) is 362 Å². The Hall–Kier alpha value is -11.5. The lowest BCUT2D eigenvalue weighted by molar-refractivity contribution is 0.574. The Morgan fingerprint density at radius 2 is 0.562 bits per heavy atom. The Balaban J connectivity index is 0.000000110.